The van der Waals surface area contributed by atoms with Gasteiger partial charge >= 0.3 is 12.4 Å². The van der Waals surface area contributed by atoms with Crippen molar-refractivity contribution in [2.45, 2.75) is 37.7 Å². The molecule has 0 radical (unpaired) electrons. The van der Waals surface area contributed by atoms with Crippen LogP contribution in [0.2, 0.25) is 0 Å². The van der Waals surface area contributed by atoms with Crippen molar-refractivity contribution < 1.29 is 31.4 Å². The summed E-state index contributed by atoms with van der Waals surface area (Å²) >= 11 is 0. The molecule has 2 aromatic heterocycles. The smallest absolute Gasteiger partial charge is 0.416 e. The van der Waals surface area contributed by atoms with Gasteiger partial charge in [-0.15, -0.1) is 0 Å². The number of aromatic amines is 1. The van der Waals surface area contributed by atoms with E-state index in [0.717, 1.165) is 16.8 Å². The third-order valence-electron chi connectivity index (χ3n) is 4.90. The van der Waals surface area contributed by atoms with Crippen LogP contribution < -0.4 is 5.56 Å². The van der Waals surface area contributed by atoms with Crippen LogP contribution in [0.25, 0.3) is 11.0 Å². The lowest BCUT2D eigenvalue weighted by molar-refractivity contribution is -0.137. The molecule has 2 heterocycles. The number of hydrogen-bond acceptors (Lipinski definition) is 4. The first-order valence-corrected chi connectivity index (χ1v) is 8.88. The lowest BCUT2D eigenvalue weighted by atomic mass is 10.0. The van der Waals surface area contributed by atoms with Gasteiger partial charge in [-0.3, -0.25) is 9.78 Å². The maximum atomic E-state index is 13.0. The first-order valence-electron chi connectivity index (χ1n) is 8.88. The highest BCUT2D eigenvalue weighted by molar-refractivity contribution is 5.78. The zero-order chi connectivity index (χ0) is 21.8. The zero-order valence-electron chi connectivity index (χ0n) is 15.1. The zero-order valence-corrected chi connectivity index (χ0v) is 15.1. The average Bonchev–Trinajstić information content (AvgIpc) is 3.37. The van der Waals surface area contributed by atoms with Crippen molar-refractivity contribution in [2.24, 2.45) is 5.92 Å². The number of rotatable bonds is 4. The van der Waals surface area contributed by atoms with E-state index in [1.807, 2.05) is 4.98 Å². The van der Waals surface area contributed by atoms with Crippen LogP contribution in [0, 0.1) is 5.92 Å². The number of halogens is 6. The predicted molar refractivity (Wildman–Crippen MR) is 91.9 cm³/mol. The van der Waals surface area contributed by atoms with Gasteiger partial charge in [-0.05, 0) is 36.5 Å². The second kappa shape index (κ2) is 6.74. The number of nitrogens with zero attached hydrogens (tertiary/aromatic N) is 3. The molecule has 30 heavy (non-hydrogen) atoms. The van der Waals surface area contributed by atoms with Crippen LogP contribution in [0.1, 0.15) is 35.7 Å². The van der Waals surface area contributed by atoms with Crippen LogP contribution in [0.15, 0.2) is 29.1 Å². The number of aromatic hydroxyl groups is 1. The Kier molecular flexibility index (Phi) is 4.55. The largest absolute Gasteiger partial charge is 0.480 e. The minimum absolute atomic E-state index is 0.105. The molecule has 160 valence electrons. The summed E-state index contributed by atoms with van der Waals surface area (Å²) in [7, 11) is 0. The van der Waals surface area contributed by atoms with E-state index in [9.17, 15) is 36.2 Å². The molecule has 6 nitrogen and oxygen atoms in total. The Bertz CT molecular complexity index is 1140. The summed E-state index contributed by atoms with van der Waals surface area (Å²) in [6, 6.07) is 2.70. The second-order valence-electron chi connectivity index (χ2n) is 7.17. The van der Waals surface area contributed by atoms with Gasteiger partial charge in [0.15, 0.2) is 5.65 Å². The number of nitrogens with one attached hydrogen (secondary N) is 1. The van der Waals surface area contributed by atoms with Crippen molar-refractivity contribution in [3.05, 3.63) is 51.4 Å². The number of benzene rings is 1. The summed E-state index contributed by atoms with van der Waals surface area (Å²) in [5, 5.41) is 13.2. The third kappa shape index (κ3) is 3.85. The van der Waals surface area contributed by atoms with Crippen LogP contribution >= 0.6 is 0 Å². The molecule has 0 saturated heterocycles. The van der Waals surface area contributed by atoms with Crippen molar-refractivity contribution in [1.29, 1.82) is 0 Å². The maximum absolute atomic E-state index is 13.0. The Labute approximate surface area is 164 Å². The molecule has 1 aliphatic rings. The summed E-state index contributed by atoms with van der Waals surface area (Å²) in [5.41, 5.74) is -2.28. The highest BCUT2D eigenvalue weighted by Gasteiger charge is 2.39. The van der Waals surface area contributed by atoms with Crippen LogP contribution in [0.5, 0.6) is 6.01 Å². The molecule has 1 aromatic carbocycles. The van der Waals surface area contributed by atoms with Gasteiger partial charge < -0.3 is 5.11 Å². The Morgan fingerprint density at radius 1 is 1.13 bits per heavy atom. The van der Waals surface area contributed by atoms with E-state index in [1.54, 1.807) is 0 Å². The highest BCUT2D eigenvalue weighted by Crippen LogP contribution is 2.45. The highest BCUT2D eigenvalue weighted by atomic mass is 19.4. The van der Waals surface area contributed by atoms with Gasteiger partial charge in [0, 0.05) is 0 Å². The van der Waals surface area contributed by atoms with Gasteiger partial charge in [0.25, 0.3) is 11.6 Å². The monoisotopic (exact) mass is 432 g/mol. The van der Waals surface area contributed by atoms with E-state index in [2.05, 4.69) is 10.1 Å². The van der Waals surface area contributed by atoms with Crippen molar-refractivity contribution in [3.63, 3.8) is 0 Å². The average molecular weight is 432 g/mol. The summed E-state index contributed by atoms with van der Waals surface area (Å²) < 4.78 is 78.7. The van der Waals surface area contributed by atoms with Crippen LogP contribution in [0.3, 0.4) is 0 Å². The fourth-order valence-corrected chi connectivity index (χ4v) is 3.50. The molecule has 0 aliphatic heterocycles. The van der Waals surface area contributed by atoms with Gasteiger partial charge in [0.1, 0.15) is 5.39 Å². The molecule has 3 aromatic rings. The molecule has 0 unspecified atom stereocenters. The predicted octanol–water partition coefficient (Wildman–Crippen LogP) is 3.95. The van der Waals surface area contributed by atoms with E-state index < -0.39 is 53.0 Å². The lowest BCUT2D eigenvalue weighted by Crippen LogP contribution is -2.17. The Balaban J connectivity index is 1.88. The quantitative estimate of drug-likeness (QED) is 0.612. The Hall–Kier alpha value is -3.05. The van der Waals surface area contributed by atoms with E-state index in [4.69, 9.17) is 0 Å². The fraction of sp³-hybridized carbons (Fsp3) is 0.389. The van der Waals surface area contributed by atoms with Crippen LogP contribution in [0.4, 0.5) is 26.3 Å². The molecule has 1 atom stereocenters. The number of H-pyrrole nitrogens is 1. The molecule has 0 bridgehead atoms. The summed E-state index contributed by atoms with van der Waals surface area (Å²) in [4.78, 5) is 17.9. The van der Waals surface area contributed by atoms with Gasteiger partial charge in [0.2, 0.25) is 0 Å². The molecule has 0 amide bonds. The van der Waals surface area contributed by atoms with Crippen LogP contribution in [-0.2, 0) is 12.6 Å². The maximum Gasteiger partial charge on any atom is 0.416 e. The standard InChI is InChI=1S/C18H14F6N4O2/c19-17(20,21)7-11-12-14(25-16(30)26-15(12)29)28(27-11)13(8-1-2-8)9-3-5-10(6-4-9)18(22,23)24/h3-6,8,13H,1-2,7H2,(H2,25,26,29,30)/t13-/m1/s1. The Morgan fingerprint density at radius 3 is 2.30 bits per heavy atom. The van der Waals surface area contributed by atoms with Crippen molar-refractivity contribution in [1.82, 2.24) is 19.7 Å². The van der Waals surface area contributed by atoms with Crippen molar-refractivity contribution >= 4 is 11.0 Å². The van der Waals surface area contributed by atoms with Crippen LogP contribution in [-0.4, -0.2) is 31.0 Å². The molecular formula is C18H14F6N4O2. The third-order valence-corrected chi connectivity index (χ3v) is 4.90. The minimum atomic E-state index is -4.65. The minimum Gasteiger partial charge on any atom is -0.480 e. The molecular weight excluding hydrogens is 418 g/mol. The van der Waals surface area contributed by atoms with Crippen molar-refractivity contribution in [3.8, 4) is 6.01 Å². The molecule has 0 spiro atoms. The normalized spacial score (nSPS) is 16.2. The number of hydrogen-bond donors (Lipinski definition) is 2. The molecule has 1 aliphatic carbocycles. The van der Waals surface area contributed by atoms with E-state index in [-0.39, 0.29) is 11.6 Å². The number of aromatic nitrogens is 4. The molecule has 1 saturated carbocycles. The molecule has 4 rings (SSSR count). The van der Waals surface area contributed by atoms with E-state index >= 15 is 0 Å². The topological polar surface area (TPSA) is 83.8 Å². The lowest BCUT2D eigenvalue weighted by Gasteiger charge is -2.19. The second-order valence-corrected chi connectivity index (χ2v) is 7.17. The summed E-state index contributed by atoms with van der Waals surface area (Å²) in [5.74, 6) is -0.105. The summed E-state index contributed by atoms with van der Waals surface area (Å²) in [6.07, 6.45) is -9.32. The number of fused-ring (bicyclic) bond motifs is 1. The van der Waals surface area contributed by atoms with Gasteiger partial charge in [-0.2, -0.15) is 36.4 Å². The first kappa shape index (κ1) is 20.2. The molecule has 1 fully saturated rings. The van der Waals surface area contributed by atoms with E-state index in [0.29, 0.717) is 18.4 Å². The van der Waals surface area contributed by atoms with Gasteiger partial charge in [-0.25, -0.2) is 4.68 Å². The number of alkyl halides is 6. The molecule has 12 heteroatoms. The SMILES string of the molecule is O=c1[nH]c(O)nc2c1c(CC(F)(F)F)nn2[C@@H](c1ccc(C(F)(F)F)cc1)C1CC1. The summed E-state index contributed by atoms with van der Waals surface area (Å²) in [6.45, 7) is 0. The molecule has 2 N–H and O–H groups in total. The Morgan fingerprint density at radius 2 is 1.77 bits per heavy atom. The van der Waals surface area contributed by atoms with E-state index in [1.165, 1.54) is 12.1 Å². The van der Waals surface area contributed by atoms with Gasteiger partial charge in [-0.1, -0.05) is 12.1 Å². The van der Waals surface area contributed by atoms with Crippen molar-refractivity contribution in [2.75, 3.05) is 0 Å². The first-order chi connectivity index (χ1) is 13.9. The van der Waals surface area contributed by atoms with Gasteiger partial charge in [0.05, 0.1) is 23.7 Å². The fourth-order valence-electron chi connectivity index (χ4n) is 3.50.